The van der Waals surface area contributed by atoms with Crippen LogP contribution >= 0.6 is 11.8 Å². The van der Waals surface area contributed by atoms with Crippen LogP contribution in [0.15, 0.2) is 103 Å². The van der Waals surface area contributed by atoms with E-state index in [-0.39, 0.29) is 11.1 Å². The highest BCUT2D eigenvalue weighted by molar-refractivity contribution is 8.14. The average Bonchev–Trinajstić information content (AvgIpc) is 3.01. The first kappa shape index (κ1) is 32.2. The van der Waals surface area contributed by atoms with E-state index in [2.05, 4.69) is 17.9 Å². The second-order valence-electron chi connectivity index (χ2n) is 9.21. The molecule has 7 nitrogen and oxygen atoms in total. The lowest BCUT2D eigenvalue weighted by molar-refractivity contribution is -0.138. The van der Waals surface area contributed by atoms with Crippen molar-refractivity contribution < 1.29 is 33.3 Å². The number of carbonyl (C=O) groups excluding carboxylic acids is 3. The number of ether oxygens (including phenoxy) is 4. The van der Waals surface area contributed by atoms with Gasteiger partial charge in [0.2, 0.25) is 5.12 Å². The second kappa shape index (κ2) is 18.2. The molecule has 0 saturated heterocycles. The van der Waals surface area contributed by atoms with Crippen molar-refractivity contribution in [1.82, 2.24) is 0 Å². The fourth-order valence-corrected chi connectivity index (χ4v) is 4.57. The molecule has 0 bridgehead atoms. The molecular formula is C34H36O7S. The summed E-state index contributed by atoms with van der Waals surface area (Å²) in [5.74, 6) is 0.801. The van der Waals surface area contributed by atoms with Crippen molar-refractivity contribution in [2.45, 2.75) is 43.4 Å². The van der Waals surface area contributed by atoms with Gasteiger partial charge in [0.05, 0.1) is 26.1 Å². The summed E-state index contributed by atoms with van der Waals surface area (Å²) in [5, 5.41) is -0.0407. The first-order valence-electron chi connectivity index (χ1n) is 13.9. The fraction of sp³-hybridized carbons (Fsp3) is 0.265. The van der Waals surface area contributed by atoms with Gasteiger partial charge in [0, 0.05) is 23.0 Å². The third kappa shape index (κ3) is 11.7. The summed E-state index contributed by atoms with van der Waals surface area (Å²) < 4.78 is 21.1. The molecule has 0 saturated carbocycles. The summed E-state index contributed by atoms with van der Waals surface area (Å²) >= 11 is 1.18. The highest BCUT2D eigenvalue weighted by atomic mass is 32.2. The maximum Gasteiger partial charge on any atom is 0.330 e. The Kier molecular flexibility index (Phi) is 14.0. The molecule has 42 heavy (non-hydrogen) atoms. The van der Waals surface area contributed by atoms with E-state index in [0.29, 0.717) is 37.6 Å². The molecule has 0 unspecified atom stereocenters. The number of benzene rings is 3. The number of hydrogen-bond donors (Lipinski definition) is 0. The maximum atomic E-state index is 12.8. The van der Waals surface area contributed by atoms with Gasteiger partial charge in [0.15, 0.2) is 0 Å². The lowest BCUT2D eigenvalue weighted by atomic mass is 10.1. The van der Waals surface area contributed by atoms with E-state index >= 15 is 0 Å². The van der Waals surface area contributed by atoms with Crippen molar-refractivity contribution in [2.24, 2.45) is 0 Å². The quantitative estimate of drug-likeness (QED) is 0.0489. The standard InChI is InChI=1S/C34H36O7S/c1-3-32(35)41-25-9-8-24-40-29-17-11-26(12-18-29)27-15-21-31(22-16-27)42-34(37)28-13-19-30(20-14-28)39-23-7-5-6-10-33(36)38-4-2/h3-4,11-22H,1-2,5-10,23-25H2. The zero-order chi connectivity index (χ0) is 30.0. The second-order valence-corrected chi connectivity index (χ2v) is 10.3. The van der Waals surface area contributed by atoms with E-state index in [1.165, 1.54) is 11.8 Å². The highest BCUT2D eigenvalue weighted by Crippen LogP contribution is 2.28. The predicted octanol–water partition coefficient (Wildman–Crippen LogP) is 7.80. The molecule has 0 atom stereocenters. The van der Waals surface area contributed by atoms with Crippen molar-refractivity contribution in [1.29, 1.82) is 0 Å². The average molecular weight is 589 g/mol. The number of rotatable bonds is 18. The summed E-state index contributed by atoms with van der Waals surface area (Å²) in [6.45, 7) is 8.16. The van der Waals surface area contributed by atoms with Crippen LogP contribution in [0.25, 0.3) is 11.1 Å². The zero-order valence-electron chi connectivity index (χ0n) is 23.6. The Labute approximate surface area is 251 Å². The van der Waals surface area contributed by atoms with E-state index in [0.717, 1.165) is 66.2 Å². The number of hydrogen-bond acceptors (Lipinski definition) is 8. The largest absolute Gasteiger partial charge is 0.494 e. The monoisotopic (exact) mass is 588 g/mol. The SMILES string of the molecule is C=COC(=O)CCCCCOc1ccc(C(=O)Sc2ccc(-c3ccc(OCCCCOC(=O)C=C)cc3)cc2)cc1. The Morgan fingerprint density at radius 3 is 1.81 bits per heavy atom. The lowest BCUT2D eigenvalue weighted by Crippen LogP contribution is -2.04. The molecule has 0 spiro atoms. The maximum absolute atomic E-state index is 12.8. The van der Waals surface area contributed by atoms with Crippen LogP contribution in [0.4, 0.5) is 0 Å². The Morgan fingerprint density at radius 1 is 0.667 bits per heavy atom. The summed E-state index contributed by atoms with van der Waals surface area (Å²) in [4.78, 5) is 35.9. The molecular weight excluding hydrogens is 552 g/mol. The molecule has 3 aromatic rings. The highest BCUT2D eigenvalue weighted by Gasteiger charge is 2.09. The topological polar surface area (TPSA) is 88.1 Å². The molecule has 0 aliphatic carbocycles. The molecule has 0 amide bonds. The third-order valence-electron chi connectivity index (χ3n) is 6.07. The third-order valence-corrected chi connectivity index (χ3v) is 7.00. The van der Waals surface area contributed by atoms with Crippen LogP contribution in [-0.4, -0.2) is 36.9 Å². The number of esters is 2. The fourth-order valence-electron chi connectivity index (χ4n) is 3.83. The van der Waals surface area contributed by atoms with Crippen LogP contribution in [0.2, 0.25) is 0 Å². The van der Waals surface area contributed by atoms with Crippen molar-refractivity contribution in [2.75, 3.05) is 19.8 Å². The van der Waals surface area contributed by atoms with Crippen LogP contribution in [0.3, 0.4) is 0 Å². The smallest absolute Gasteiger partial charge is 0.330 e. The van der Waals surface area contributed by atoms with Gasteiger partial charge >= 0.3 is 11.9 Å². The molecule has 3 aromatic carbocycles. The Bertz CT molecular complexity index is 1300. The molecule has 8 heteroatoms. The summed E-state index contributed by atoms with van der Waals surface area (Å²) in [6, 6.07) is 22.9. The zero-order valence-corrected chi connectivity index (χ0v) is 24.4. The van der Waals surface area contributed by atoms with Gasteiger partial charge in [0.1, 0.15) is 11.5 Å². The Balaban J connectivity index is 1.37. The predicted molar refractivity (Wildman–Crippen MR) is 165 cm³/mol. The van der Waals surface area contributed by atoms with E-state index in [1.807, 2.05) is 48.5 Å². The van der Waals surface area contributed by atoms with Crippen molar-refractivity contribution in [3.8, 4) is 22.6 Å². The van der Waals surface area contributed by atoms with E-state index in [1.54, 1.807) is 24.3 Å². The number of carbonyl (C=O) groups is 3. The minimum Gasteiger partial charge on any atom is -0.494 e. The van der Waals surface area contributed by atoms with Gasteiger partial charge in [-0.05, 0) is 104 Å². The Hall–Kier alpha value is -4.30. The van der Waals surface area contributed by atoms with Crippen LogP contribution < -0.4 is 9.47 Å². The first-order valence-corrected chi connectivity index (χ1v) is 14.7. The molecule has 220 valence electrons. The number of unbranched alkanes of at least 4 members (excludes halogenated alkanes) is 3. The summed E-state index contributed by atoms with van der Waals surface area (Å²) in [6.07, 6.45) is 6.60. The molecule has 0 N–H and O–H groups in total. The number of thioether (sulfide) groups is 1. The van der Waals surface area contributed by atoms with Gasteiger partial charge in [-0.25, -0.2) is 4.79 Å². The van der Waals surface area contributed by atoms with Gasteiger partial charge in [-0.1, -0.05) is 37.4 Å². The van der Waals surface area contributed by atoms with E-state index in [4.69, 9.17) is 14.2 Å². The van der Waals surface area contributed by atoms with Gasteiger partial charge in [-0.15, -0.1) is 0 Å². The molecule has 0 heterocycles. The lowest BCUT2D eigenvalue weighted by Gasteiger charge is -2.09. The van der Waals surface area contributed by atoms with Crippen molar-refractivity contribution in [3.05, 3.63) is 104 Å². The summed E-state index contributed by atoms with van der Waals surface area (Å²) in [5.41, 5.74) is 2.69. The van der Waals surface area contributed by atoms with Gasteiger partial charge < -0.3 is 18.9 Å². The molecule has 0 aromatic heterocycles. The van der Waals surface area contributed by atoms with E-state index in [9.17, 15) is 14.4 Å². The van der Waals surface area contributed by atoms with Crippen LogP contribution in [0, 0.1) is 0 Å². The van der Waals surface area contributed by atoms with Gasteiger partial charge in [0.25, 0.3) is 0 Å². The molecule has 0 aliphatic rings. The molecule has 3 rings (SSSR count). The van der Waals surface area contributed by atoms with Crippen LogP contribution in [-0.2, 0) is 19.1 Å². The van der Waals surface area contributed by atoms with Gasteiger partial charge in [-0.3, -0.25) is 9.59 Å². The normalized spacial score (nSPS) is 10.4. The van der Waals surface area contributed by atoms with Crippen molar-refractivity contribution in [3.63, 3.8) is 0 Å². The first-order chi connectivity index (χ1) is 20.5. The molecule has 0 aliphatic heterocycles. The molecule has 0 radical (unpaired) electrons. The van der Waals surface area contributed by atoms with Crippen molar-refractivity contribution >= 4 is 28.8 Å². The molecule has 0 fully saturated rings. The minimum atomic E-state index is -0.409. The van der Waals surface area contributed by atoms with Crippen LogP contribution in [0.1, 0.15) is 48.9 Å². The van der Waals surface area contributed by atoms with E-state index < -0.39 is 5.97 Å². The van der Waals surface area contributed by atoms with Gasteiger partial charge in [-0.2, -0.15) is 0 Å². The minimum absolute atomic E-state index is 0.0407. The van der Waals surface area contributed by atoms with Crippen LogP contribution in [0.5, 0.6) is 11.5 Å². The summed E-state index contributed by atoms with van der Waals surface area (Å²) in [7, 11) is 0. The Morgan fingerprint density at radius 2 is 1.21 bits per heavy atom.